The van der Waals surface area contributed by atoms with Gasteiger partial charge in [-0.15, -0.1) is 0 Å². The summed E-state index contributed by atoms with van der Waals surface area (Å²) in [5.74, 6) is 0.666. The van der Waals surface area contributed by atoms with Crippen molar-refractivity contribution in [1.82, 2.24) is 9.97 Å². The monoisotopic (exact) mass is 189 g/mol. The van der Waals surface area contributed by atoms with Gasteiger partial charge in [-0.3, -0.25) is 0 Å². The third-order valence-electron chi connectivity index (χ3n) is 1.29. The van der Waals surface area contributed by atoms with Gasteiger partial charge in [0.05, 0.1) is 13.7 Å². The Kier molecular flexibility index (Phi) is 3.36. The zero-order valence-corrected chi connectivity index (χ0v) is 7.00. The quantitative estimate of drug-likeness (QED) is 0.772. The molecule has 0 aliphatic carbocycles. The van der Waals surface area contributed by atoms with E-state index < -0.39 is 13.0 Å². The maximum atomic E-state index is 11.8. The molecule has 72 valence electrons. The summed E-state index contributed by atoms with van der Waals surface area (Å²) in [6.45, 7) is -0.430. The molecule has 0 fully saturated rings. The van der Waals surface area contributed by atoms with Crippen LogP contribution in [0.2, 0.25) is 0 Å². The van der Waals surface area contributed by atoms with Crippen molar-refractivity contribution in [3.05, 3.63) is 12.4 Å². The van der Waals surface area contributed by atoms with Gasteiger partial charge in [0.2, 0.25) is 5.88 Å². The largest absolute Gasteiger partial charge is 0.481 e. The lowest BCUT2D eigenvalue weighted by Crippen LogP contribution is -2.11. The Labute approximate surface area is 74.0 Å². The minimum atomic E-state index is -2.40. The van der Waals surface area contributed by atoms with E-state index in [-0.39, 0.29) is 0 Å². The lowest BCUT2D eigenvalue weighted by atomic mass is 10.5. The van der Waals surface area contributed by atoms with Crippen LogP contribution in [-0.4, -0.2) is 30.0 Å². The first-order valence-corrected chi connectivity index (χ1v) is 3.60. The van der Waals surface area contributed by atoms with E-state index in [9.17, 15) is 8.78 Å². The number of alkyl halides is 2. The molecule has 1 rings (SSSR count). The minimum Gasteiger partial charge on any atom is -0.481 e. The number of aromatic nitrogens is 2. The first-order chi connectivity index (χ1) is 6.22. The van der Waals surface area contributed by atoms with Crippen molar-refractivity contribution in [2.75, 3.05) is 19.0 Å². The number of nitrogens with one attached hydrogen (secondary N) is 1. The Morgan fingerprint density at radius 2 is 2.31 bits per heavy atom. The molecule has 4 nitrogen and oxygen atoms in total. The Balaban J connectivity index is 2.56. The van der Waals surface area contributed by atoms with Crippen molar-refractivity contribution >= 4 is 5.82 Å². The third-order valence-corrected chi connectivity index (χ3v) is 1.29. The lowest BCUT2D eigenvalue weighted by Gasteiger charge is -2.04. The number of rotatable bonds is 4. The average molecular weight is 189 g/mol. The van der Waals surface area contributed by atoms with E-state index in [4.69, 9.17) is 4.74 Å². The van der Waals surface area contributed by atoms with Crippen LogP contribution in [0.3, 0.4) is 0 Å². The third kappa shape index (κ3) is 3.18. The molecule has 0 bridgehead atoms. The molecule has 1 heterocycles. The van der Waals surface area contributed by atoms with Crippen LogP contribution in [0.1, 0.15) is 0 Å². The highest BCUT2D eigenvalue weighted by molar-refractivity contribution is 5.36. The van der Waals surface area contributed by atoms with E-state index in [0.717, 1.165) is 0 Å². The standard InChI is InChI=1S/C7H9F2N3O/c1-13-7-2-6(11-4-12-7)10-3-5(8)9/h2,4-5H,3H2,1H3,(H,10,11,12). The summed E-state index contributed by atoms with van der Waals surface area (Å²) in [4.78, 5) is 7.45. The first-order valence-electron chi connectivity index (χ1n) is 3.60. The SMILES string of the molecule is COc1cc(NCC(F)F)ncn1. The van der Waals surface area contributed by atoms with Gasteiger partial charge in [0.15, 0.2) is 0 Å². The van der Waals surface area contributed by atoms with Crippen molar-refractivity contribution in [2.45, 2.75) is 6.43 Å². The van der Waals surface area contributed by atoms with Gasteiger partial charge in [0, 0.05) is 6.07 Å². The fourth-order valence-electron chi connectivity index (χ4n) is 0.729. The predicted octanol–water partition coefficient (Wildman–Crippen LogP) is 1.16. The van der Waals surface area contributed by atoms with Gasteiger partial charge >= 0.3 is 0 Å². The van der Waals surface area contributed by atoms with Gasteiger partial charge in [0.1, 0.15) is 12.1 Å². The van der Waals surface area contributed by atoms with E-state index in [2.05, 4.69) is 15.3 Å². The van der Waals surface area contributed by atoms with Crippen LogP contribution in [0.15, 0.2) is 12.4 Å². The Bertz CT molecular complexity index is 270. The van der Waals surface area contributed by atoms with Gasteiger partial charge in [0.25, 0.3) is 6.43 Å². The Morgan fingerprint density at radius 3 is 2.92 bits per heavy atom. The normalized spacial score (nSPS) is 10.2. The number of hydrogen-bond acceptors (Lipinski definition) is 4. The molecular formula is C7H9F2N3O. The van der Waals surface area contributed by atoms with E-state index in [1.165, 1.54) is 19.5 Å². The maximum Gasteiger partial charge on any atom is 0.255 e. The summed E-state index contributed by atoms with van der Waals surface area (Å²) in [6.07, 6.45) is -1.16. The predicted molar refractivity (Wildman–Crippen MR) is 43.1 cm³/mol. The topological polar surface area (TPSA) is 47.0 Å². The first kappa shape index (κ1) is 9.63. The molecule has 0 unspecified atom stereocenters. The highest BCUT2D eigenvalue weighted by Crippen LogP contribution is 2.10. The molecule has 0 saturated carbocycles. The fraction of sp³-hybridized carbons (Fsp3) is 0.429. The van der Waals surface area contributed by atoms with Crippen LogP contribution in [-0.2, 0) is 0 Å². The smallest absolute Gasteiger partial charge is 0.255 e. The van der Waals surface area contributed by atoms with Gasteiger partial charge in [-0.05, 0) is 0 Å². The molecule has 0 amide bonds. The van der Waals surface area contributed by atoms with Crippen LogP contribution in [0.5, 0.6) is 5.88 Å². The molecule has 1 N–H and O–H groups in total. The summed E-state index contributed by atoms with van der Waals surface area (Å²) in [5.41, 5.74) is 0. The van der Waals surface area contributed by atoms with Crippen molar-refractivity contribution < 1.29 is 13.5 Å². The summed E-state index contributed by atoms with van der Waals surface area (Å²) in [6, 6.07) is 1.45. The molecule has 0 aliphatic heterocycles. The molecular weight excluding hydrogens is 180 g/mol. The van der Waals surface area contributed by atoms with Crippen LogP contribution < -0.4 is 10.1 Å². The highest BCUT2D eigenvalue weighted by atomic mass is 19.3. The van der Waals surface area contributed by atoms with E-state index in [1.54, 1.807) is 0 Å². The number of anilines is 1. The molecule has 0 aromatic carbocycles. The van der Waals surface area contributed by atoms with E-state index >= 15 is 0 Å². The second-order valence-electron chi connectivity index (χ2n) is 2.22. The summed E-state index contributed by atoms with van der Waals surface area (Å²) < 4.78 is 28.3. The summed E-state index contributed by atoms with van der Waals surface area (Å²) in [5, 5.41) is 2.44. The summed E-state index contributed by atoms with van der Waals surface area (Å²) in [7, 11) is 1.44. The fourth-order valence-corrected chi connectivity index (χ4v) is 0.729. The Hall–Kier alpha value is -1.46. The summed E-state index contributed by atoms with van der Waals surface area (Å²) >= 11 is 0. The molecule has 6 heteroatoms. The molecule has 0 spiro atoms. The van der Waals surface area contributed by atoms with Crippen LogP contribution in [0.25, 0.3) is 0 Å². The maximum absolute atomic E-state index is 11.8. The van der Waals surface area contributed by atoms with Gasteiger partial charge in [-0.1, -0.05) is 0 Å². The molecule has 0 saturated heterocycles. The Morgan fingerprint density at radius 1 is 1.54 bits per heavy atom. The van der Waals surface area contributed by atoms with E-state index in [1.807, 2.05) is 0 Å². The average Bonchev–Trinajstić information content (AvgIpc) is 2.15. The number of nitrogens with zero attached hydrogens (tertiary/aromatic N) is 2. The van der Waals surface area contributed by atoms with Gasteiger partial charge in [-0.25, -0.2) is 18.7 Å². The van der Waals surface area contributed by atoms with Crippen LogP contribution >= 0.6 is 0 Å². The molecule has 0 atom stereocenters. The van der Waals surface area contributed by atoms with Crippen molar-refractivity contribution in [3.63, 3.8) is 0 Å². The van der Waals surface area contributed by atoms with Crippen LogP contribution in [0.4, 0.5) is 14.6 Å². The van der Waals surface area contributed by atoms with Crippen molar-refractivity contribution in [3.8, 4) is 5.88 Å². The number of methoxy groups -OCH3 is 1. The van der Waals surface area contributed by atoms with Gasteiger partial charge in [-0.2, -0.15) is 0 Å². The zero-order valence-electron chi connectivity index (χ0n) is 7.00. The molecule has 0 radical (unpaired) electrons. The number of hydrogen-bond donors (Lipinski definition) is 1. The van der Waals surface area contributed by atoms with E-state index in [0.29, 0.717) is 11.7 Å². The molecule has 0 aliphatic rings. The van der Waals surface area contributed by atoms with Crippen LogP contribution in [0, 0.1) is 0 Å². The highest BCUT2D eigenvalue weighted by Gasteiger charge is 2.03. The minimum absolute atomic E-state index is 0.326. The second kappa shape index (κ2) is 4.54. The van der Waals surface area contributed by atoms with Gasteiger partial charge < -0.3 is 10.1 Å². The zero-order chi connectivity index (χ0) is 9.68. The lowest BCUT2D eigenvalue weighted by molar-refractivity contribution is 0.163. The number of ether oxygens (including phenoxy) is 1. The number of halogens is 2. The molecule has 1 aromatic rings. The molecule has 1 aromatic heterocycles. The van der Waals surface area contributed by atoms with Crippen molar-refractivity contribution in [1.29, 1.82) is 0 Å². The second-order valence-corrected chi connectivity index (χ2v) is 2.22. The molecule has 13 heavy (non-hydrogen) atoms. The van der Waals surface area contributed by atoms with Crippen molar-refractivity contribution in [2.24, 2.45) is 0 Å².